The molecule has 112 valence electrons. The summed E-state index contributed by atoms with van der Waals surface area (Å²) < 4.78 is 1.01. The zero-order valence-electron chi connectivity index (χ0n) is 11.8. The van der Waals surface area contributed by atoms with E-state index in [1.807, 2.05) is 25.3 Å². The summed E-state index contributed by atoms with van der Waals surface area (Å²) in [5, 5.41) is 13.5. The lowest BCUT2D eigenvalue weighted by atomic mass is 9.99. The number of hydrogen-bond acceptors (Lipinski definition) is 3. The van der Waals surface area contributed by atoms with Gasteiger partial charge in [0.25, 0.3) is 0 Å². The molecule has 0 radical (unpaired) electrons. The molecule has 1 aromatic heterocycles. The predicted octanol–water partition coefficient (Wildman–Crippen LogP) is 3.30. The fourth-order valence-electron chi connectivity index (χ4n) is 1.61. The Hall–Kier alpha value is -1.08. The first kappa shape index (κ1) is 17.0. The number of hydrogen-bond donors (Lipinski definition) is 2. The van der Waals surface area contributed by atoms with Crippen LogP contribution in [0.4, 0.5) is 4.79 Å². The number of thiophene rings is 1. The van der Waals surface area contributed by atoms with Gasteiger partial charge in [-0.05, 0) is 42.3 Å². The Morgan fingerprint density at radius 1 is 1.50 bits per heavy atom. The van der Waals surface area contributed by atoms with E-state index >= 15 is 0 Å². The molecule has 0 aliphatic rings. The molecule has 0 unspecified atom stereocenters. The van der Waals surface area contributed by atoms with Crippen LogP contribution in [0.25, 0.3) is 0 Å². The summed E-state index contributed by atoms with van der Waals surface area (Å²) in [6, 6.07) is 1.77. The van der Waals surface area contributed by atoms with Gasteiger partial charge in [-0.2, -0.15) is 0 Å². The average molecular weight is 363 g/mol. The van der Waals surface area contributed by atoms with E-state index in [1.54, 1.807) is 23.3 Å². The minimum Gasteiger partial charge on any atom is -0.481 e. The van der Waals surface area contributed by atoms with Gasteiger partial charge in [-0.3, -0.25) is 4.79 Å². The summed E-state index contributed by atoms with van der Waals surface area (Å²) in [5.74, 6) is -0.857. The number of carboxylic acid groups (broad SMARTS) is 1. The average Bonchev–Trinajstić information content (AvgIpc) is 2.71. The molecule has 2 amide bonds. The summed E-state index contributed by atoms with van der Waals surface area (Å²) in [5.41, 5.74) is -0.542. The van der Waals surface area contributed by atoms with Crippen LogP contribution in [0, 0.1) is 0 Å². The lowest BCUT2D eigenvalue weighted by Gasteiger charge is -2.28. The van der Waals surface area contributed by atoms with Gasteiger partial charge >= 0.3 is 12.0 Å². The molecule has 0 aliphatic heterocycles. The number of carbonyl (C=O) groups is 2. The minimum atomic E-state index is -0.857. The SMILES string of the molecule is CN(Cc1cc(Br)cs1)C(=O)NC(C)(C)CCC(=O)O. The van der Waals surface area contributed by atoms with E-state index in [4.69, 9.17) is 5.11 Å². The van der Waals surface area contributed by atoms with Crippen molar-refractivity contribution in [1.29, 1.82) is 0 Å². The smallest absolute Gasteiger partial charge is 0.317 e. The van der Waals surface area contributed by atoms with Gasteiger partial charge in [0.15, 0.2) is 0 Å². The summed E-state index contributed by atoms with van der Waals surface area (Å²) >= 11 is 4.96. The second-order valence-corrected chi connectivity index (χ2v) is 7.21. The molecule has 0 aromatic carbocycles. The highest BCUT2D eigenvalue weighted by Crippen LogP contribution is 2.21. The Kier molecular flexibility index (Phi) is 6.01. The van der Waals surface area contributed by atoms with Gasteiger partial charge in [-0.1, -0.05) is 0 Å². The molecule has 1 rings (SSSR count). The van der Waals surface area contributed by atoms with E-state index in [0.717, 1.165) is 9.35 Å². The molecule has 2 N–H and O–H groups in total. The molecular formula is C13H19BrN2O3S. The predicted molar refractivity (Wildman–Crippen MR) is 83.0 cm³/mol. The third-order valence-electron chi connectivity index (χ3n) is 2.77. The van der Waals surface area contributed by atoms with Gasteiger partial charge in [-0.15, -0.1) is 11.3 Å². The van der Waals surface area contributed by atoms with Crippen molar-refractivity contribution in [1.82, 2.24) is 10.2 Å². The molecule has 0 spiro atoms. The van der Waals surface area contributed by atoms with E-state index in [0.29, 0.717) is 13.0 Å². The largest absolute Gasteiger partial charge is 0.481 e. The topological polar surface area (TPSA) is 69.6 Å². The van der Waals surface area contributed by atoms with Crippen molar-refractivity contribution in [2.75, 3.05) is 7.05 Å². The van der Waals surface area contributed by atoms with Crippen LogP contribution < -0.4 is 5.32 Å². The molecule has 0 saturated heterocycles. The van der Waals surface area contributed by atoms with Crippen LogP contribution in [0.1, 0.15) is 31.6 Å². The Balaban J connectivity index is 2.50. The highest BCUT2D eigenvalue weighted by atomic mass is 79.9. The highest BCUT2D eigenvalue weighted by molar-refractivity contribution is 9.10. The highest BCUT2D eigenvalue weighted by Gasteiger charge is 2.23. The Labute approximate surface area is 131 Å². The monoisotopic (exact) mass is 362 g/mol. The number of carboxylic acids is 1. The van der Waals surface area contributed by atoms with Crippen molar-refractivity contribution in [2.24, 2.45) is 0 Å². The molecule has 5 nitrogen and oxygen atoms in total. The van der Waals surface area contributed by atoms with Gasteiger partial charge in [0, 0.05) is 33.7 Å². The molecule has 0 fully saturated rings. The van der Waals surface area contributed by atoms with Gasteiger partial charge in [-0.25, -0.2) is 4.79 Å². The van der Waals surface area contributed by atoms with Crippen molar-refractivity contribution >= 4 is 39.3 Å². The molecule has 0 saturated carbocycles. The number of urea groups is 1. The van der Waals surface area contributed by atoms with Crippen molar-refractivity contribution in [3.05, 3.63) is 20.8 Å². The quantitative estimate of drug-likeness (QED) is 0.815. The Morgan fingerprint density at radius 2 is 2.15 bits per heavy atom. The van der Waals surface area contributed by atoms with E-state index in [9.17, 15) is 9.59 Å². The van der Waals surface area contributed by atoms with Crippen LogP contribution in [0.15, 0.2) is 15.9 Å². The van der Waals surface area contributed by atoms with Crippen LogP contribution in [-0.4, -0.2) is 34.6 Å². The lowest BCUT2D eigenvalue weighted by Crippen LogP contribution is -2.48. The molecule has 0 atom stereocenters. The first-order chi connectivity index (χ1) is 9.19. The number of halogens is 1. The number of carbonyl (C=O) groups excluding carboxylic acids is 1. The number of amides is 2. The van der Waals surface area contributed by atoms with Gasteiger partial charge in [0.1, 0.15) is 0 Å². The molecule has 7 heteroatoms. The maximum atomic E-state index is 12.1. The normalized spacial score (nSPS) is 11.2. The van der Waals surface area contributed by atoms with Crippen molar-refractivity contribution in [2.45, 2.75) is 38.8 Å². The van der Waals surface area contributed by atoms with Crippen LogP contribution in [0.5, 0.6) is 0 Å². The second-order valence-electron chi connectivity index (χ2n) is 5.30. The van der Waals surface area contributed by atoms with Gasteiger partial charge < -0.3 is 15.3 Å². The first-order valence-electron chi connectivity index (χ1n) is 6.17. The summed E-state index contributed by atoms with van der Waals surface area (Å²) in [6.45, 7) is 4.17. The van der Waals surface area contributed by atoms with E-state index in [2.05, 4.69) is 21.2 Å². The number of rotatable bonds is 6. The second kappa shape index (κ2) is 7.08. The number of nitrogens with zero attached hydrogens (tertiary/aromatic N) is 1. The van der Waals surface area contributed by atoms with E-state index in [1.165, 1.54) is 0 Å². The fourth-order valence-corrected chi connectivity index (χ4v) is 3.11. The molecule has 0 aliphatic carbocycles. The fraction of sp³-hybridized carbons (Fsp3) is 0.538. The summed E-state index contributed by atoms with van der Waals surface area (Å²) in [6.07, 6.45) is 0.432. The van der Waals surface area contributed by atoms with Crippen molar-refractivity contribution in [3.8, 4) is 0 Å². The maximum absolute atomic E-state index is 12.1. The minimum absolute atomic E-state index is 0.0366. The maximum Gasteiger partial charge on any atom is 0.317 e. The van der Waals surface area contributed by atoms with Crippen molar-refractivity contribution < 1.29 is 14.7 Å². The molecule has 0 bridgehead atoms. The summed E-state index contributed by atoms with van der Waals surface area (Å²) in [7, 11) is 1.72. The molecular weight excluding hydrogens is 344 g/mol. The number of nitrogens with one attached hydrogen (secondary N) is 1. The third-order valence-corrected chi connectivity index (χ3v) is 4.45. The van der Waals surface area contributed by atoms with Gasteiger partial charge in [0.2, 0.25) is 0 Å². The Morgan fingerprint density at radius 3 is 2.65 bits per heavy atom. The lowest BCUT2D eigenvalue weighted by molar-refractivity contribution is -0.137. The van der Waals surface area contributed by atoms with Crippen LogP contribution >= 0.6 is 27.3 Å². The van der Waals surface area contributed by atoms with E-state index in [-0.39, 0.29) is 12.5 Å². The summed E-state index contributed by atoms with van der Waals surface area (Å²) in [4.78, 5) is 25.3. The van der Waals surface area contributed by atoms with Gasteiger partial charge in [0.05, 0.1) is 6.54 Å². The van der Waals surface area contributed by atoms with Crippen LogP contribution in [0.3, 0.4) is 0 Å². The van der Waals surface area contributed by atoms with Crippen molar-refractivity contribution in [3.63, 3.8) is 0 Å². The molecule has 20 heavy (non-hydrogen) atoms. The first-order valence-corrected chi connectivity index (χ1v) is 7.85. The molecule has 1 heterocycles. The van der Waals surface area contributed by atoms with Crippen LogP contribution in [0.2, 0.25) is 0 Å². The zero-order valence-corrected chi connectivity index (χ0v) is 14.2. The third kappa shape index (κ3) is 5.92. The van der Waals surface area contributed by atoms with Crippen LogP contribution in [-0.2, 0) is 11.3 Å². The van der Waals surface area contributed by atoms with E-state index < -0.39 is 11.5 Å². The standard InChI is InChI=1S/C13H19BrN2O3S/c1-13(2,5-4-11(17)18)15-12(19)16(3)7-10-6-9(14)8-20-10/h6,8H,4-5,7H2,1-3H3,(H,15,19)(H,17,18). The Bertz CT molecular complexity index is 488. The molecule has 1 aromatic rings. The zero-order chi connectivity index (χ0) is 15.3. The number of aliphatic carboxylic acids is 1.